The van der Waals surface area contributed by atoms with Crippen molar-refractivity contribution < 1.29 is 8.85 Å². The van der Waals surface area contributed by atoms with Crippen molar-refractivity contribution in [1.82, 2.24) is 0 Å². The number of benzene rings is 2. The molecule has 0 saturated heterocycles. The zero-order valence-corrected chi connectivity index (χ0v) is 22.7. The van der Waals surface area contributed by atoms with E-state index in [9.17, 15) is 0 Å². The molecule has 3 rings (SSSR count). The summed E-state index contributed by atoms with van der Waals surface area (Å²) in [6.07, 6.45) is 1.84. The first-order valence-electron chi connectivity index (χ1n) is 11.2. The summed E-state index contributed by atoms with van der Waals surface area (Å²) in [6.45, 7) is 23.1. The Kier molecular flexibility index (Phi) is 5.83. The number of fused-ring (bicyclic) bond motifs is 2. The molecule has 0 atom stereocenters. The third kappa shape index (κ3) is 4.40. The molecule has 0 N–H and O–H groups in total. The first kappa shape index (κ1) is 23.1. The molecule has 0 heterocycles. The molecular formula is C26H40O2Si2. The van der Waals surface area contributed by atoms with Gasteiger partial charge in [-0.1, -0.05) is 65.8 Å². The summed E-state index contributed by atoms with van der Waals surface area (Å²) in [4.78, 5) is 0. The fraction of sp³-hybridized carbons (Fsp3) is 0.538. The molecule has 0 aromatic heterocycles. The topological polar surface area (TPSA) is 18.5 Å². The minimum atomic E-state index is -1.90. The number of hydrogen-bond donors (Lipinski definition) is 0. The second-order valence-electron chi connectivity index (χ2n) is 11.9. The highest BCUT2D eigenvalue weighted by Gasteiger charge is 2.41. The molecule has 2 aromatic carbocycles. The molecule has 0 fully saturated rings. The van der Waals surface area contributed by atoms with Crippen LogP contribution in [0.4, 0.5) is 0 Å². The first-order valence-corrected chi connectivity index (χ1v) is 17.0. The first-order chi connectivity index (χ1) is 13.6. The van der Waals surface area contributed by atoms with E-state index < -0.39 is 16.6 Å². The van der Waals surface area contributed by atoms with Crippen LogP contribution in [-0.2, 0) is 12.8 Å². The van der Waals surface area contributed by atoms with Gasteiger partial charge < -0.3 is 8.85 Å². The monoisotopic (exact) mass is 440 g/mol. The summed E-state index contributed by atoms with van der Waals surface area (Å²) in [7, 11) is -3.80. The highest BCUT2D eigenvalue weighted by molar-refractivity contribution is 6.75. The average Bonchev–Trinajstić information content (AvgIpc) is 2.58. The van der Waals surface area contributed by atoms with Gasteiger partial charge in [0.15, 0.2) is 0 Å². The summed E-state index contributed by atoms with van der Waals surface area (Å²) in [5.41, 5.74) is 5.48. The lowest BCUT2D eigenvalue weighted by molar-refractivity contribution is 0.480. The Balaban J connectivity index is 1.99. The molecule has 0 saturated carbocycles. The van der Waals surface area contributed by atoms with Gasteiger partial charge in [0.2, 0.25) is 16.6 Å². The number of rotatable bonds is 4. The minimum Gasteiger partial charge on any atom is -0.543 e. The SMILES string of the molecule is CC(C)(C)[Si](C)(C)Oc1cccc2c1Cc1c(cccc1O[Si](C)(C)C(C)(C)C)C2. The molecule has 4 heteroatoms. The molecule has 0 spiro atoms. The van der Waals surface area contributed by atoms with Crippen molar-refractivity contribution in [3.63, 3.8) is 0 Å². The van der Waals surface area contributed by atoms with Crippen LogP contribution in [0.5, 0.6) is 11.5 Å². The van der Waals surface area contributed by atoms with Crippen molar-refractivity contribution in [2.75, 3.05) is 0 Å². The normalized spacial score (nSPS) is 14.7. The molecule has 0 amide bonds. The highest BCUT2D eigenvalue weighted by Crippen LogP contribution is 2.44. The fourth-order valence-electron chi connectivity index (χ4n) is 3.38. The van der Waals surface area contributed by atoms with Gasteiger partial charge in [0.25, 0.3) is 0 Å². The van der Waals surface area contributed by atoms with E-state index in [0.717, 1.165) is 24.3 Å². The van der Waals surface area contributed by atoms with Crippen molar-refractivity contribution >= 4 is 16.6 Å². The average molecular weight is 441 g/mol. The lowest BCUT2D eigenvalue weighted by Gasteiger charge is -2.39. The maximum absolute atomic E-state index is 6.78. The molecule has 0 unspecified atom stereocenters. The van der Waals surface area contributed by atoms with Gasteiger partial charge >= 0.3 is 0 Å². The van der Waals surface area contributed by atoms with Crippen LogP contribution in [0.1, 0.15) is 63.8 Å². The van der Waals surface area contributed by atoms with E-state index >= 15 is 0 Å². The van der Waals surface area contributed by atoms with E-state index in [4.69, 9.17) is 8.85 Å². The van der Waals surface area contributed by atoms with Gasteiger partial charge in [0.05, 0.1) is 0 Å². The van der Waals surface area contributed by atoms with Crippen molar-refractivity contribution in [3.05, 3.63) is 58.7 Å². The van der Waals surface area contributed by atoms with Gasteiger partial charge in [0, 0.05) is 17.5 Å². The predicted octanol–water partition coefficient (Wildman–Crippen LogP) is 7.95. The Labute approximate surface area is 186 Å². The maximum atomic E-state index is 6.78. The Hall–Kier alpha value is -1.53. The zero-order chi connectivity index (χ0) is 22.5. The molecule has 0 aliphatic heterocycles. The second-order valence-corrected chi connectivity index (χ2v) is 21.3. The van der Waals surface area contributed by atoms with E-state index in [0.29, 0.717) is 0 Å². The molecule has 0 radical (unpaired) electrons. The zero-order valence-electron chi connectivity index (χ0n) is 20.7. The molecule has 1 aliphatic carbocycles. The summed E-state index contributed by atoms with van der Waals surface area (Å²) in [5, 5.41) is 0.359. The summed E-state index contributed by atoms with van der Waals surface area (Å²) in [6, 6.07) is 13.2. The van der Waals surface area contributed by atoms with Crippen molar-refractivity contribution in [1.29, 1.82) is 0 Å². The molecule has 0 bridgehead atoms. The second kappa shape index (κ2) is 7.56. The predicted molar refractivity (Wildman–Crippen MR) is 134 cm³/mol. The Morgan fingerprint density at radius 2 is 0.967 bits per heavy atom. The molecule has 2 aromatic rings. The summed E-state index contributed by atoms with van der Waals surface area (Å²) >= 11 is 0. The van der Waals surface area contributed by atoms with Gasteiger partial charge in [-0.2, -0.15) is 0 Å². The Morgan fingerprint density at radius 3 is 1.30 bits per heavy atom. The van der Waals surface area contributed by atoms with E-state index in [1.54, 1.807) is 0 Å². The van der Waals surface area contributed by atoms with E-state index in [-0.39, 0.29) is 10.1 Å². The smallest absolute Gasteiger partial charge is 0.250 e. The molecule has 30 heavy (non-hydrogen) atoms. The van der Waals surface area contributed by atoms with Crippen molar-refractivity contribution in [2.45, 2.75) is 90.6 Å². The largest absolute Gasteiger partial charge is 0.543 e. The highest BCUT2D eigenvalue weighted by atomic mass is 28.4. The van der Waals surface area contributed by atoms with Gasteiger partial charge in [-0.05, 0) is 65.9 Å². The van der Waals surface area contributed by atoms with Crippen molar-refractivity contribution in [2.24, 2.45) is 0 Å². The van der Waals surface area contributed by atoms with Crippen LogP contribution in [0.25, 0.3) is 0 Å². The third-order valence-corrected chi connectivity index (χ3v) is 16.2. The van der Waals surface area contributed by atoms with Crippen LogP contribution >= 0.6 is 0 Å². The fourth-order valence-corrected chi connectivity index (χ4v) is 5.48. The molecule has 164 valence electrons. The van der Waals surface area contributed by atoms with Gasteiger partial charge in [0.1, 0.15) is 11.5 Å². The molecular weight excluding hydrogens is 400 g/mol. The van der Waals surface area contributed by atoms with Crippen LogP contribution in [0.15, 0.2) is 36.4 Å². The van der Waals surface area contributed by atoms with E-state index in [2.05, 4.69) is 104 Å². The Morgan fingerprint density at radius 1 is 0.600 bits per heavy atom. The van der Waals surface area contributed by atoms with Crippen LogP contribution in [-0.4, -0.2) is 16.6 Å². The third-order valence-electron chi connectivity index (χ3n) is 7.54. The lowest BCUT2D eigenvalue weighted by Crippen LogP contribution is -2.44. The Bertz CT molecular complexity index is 856. The molecule has 1 aliphatic rings. The standard InChI is InChI=1S/C26H40O2Si2/c1-25(2,3)29(7,8)27-23-15-11-13-19-17-20-14-12-16-24(22(20)18-21(19)23)28-30(9,10)26(4,5)6/h11-16H,17-18H2,1-10H3. The van der Waals surface area contributed by atoms with Crippen LogP contribution in [0.2, 0.25) is 36.3 Å². The van der Waals surface area contributed by atoms with Gasteiger partial charge in [-0.3, -0.25) is 0 Å². The maximum Gasteiger partial charge on any atom is 0.250 e. The van der Waals surface area contributed by atoms with Crippen molar-refractivity contribution in [3.8, 4) is 11.5 Å². The molecule has 2 nitrogen and oxygen atoms in total. The van der Waals surface area contributed by atoms with Gasteiger partial charge in [-0.25, -0.2) is 0 Å². The number of hydrogen-bond acceptors (Lipinski definition) is 2. The van der Waals surface area contributed by atoms with Gasteiger partial charge in [-0.15, -0.1) is 0 Å². The summed E-state index contributed by atoms with van der Waals surface area (Å²) < 4.78 is 13.6. The van der Waals surface area contributed by atoms with Crippen LogP contribution < -0.4 is 8.85 Å². The van der Waals surface area contributed by atoms with E-state index in [1.807, 2.05) is 0 Å². The quantitative estimate of drug-likeness (QED) is 0.383. The summed E-state index contributed by atoms with van der Waals surface area (Å²) in [5.74, 6) is 2.15. The minimum absolute atomic E-state index is 0.179. The lowest BCUT2D eigenvalue weighted by atomic mass is 9.85. The van der Waals surface area contributed by atoms with Crippen LogP contribution in [0.3, 0.4) is 0 Å². The van der Waals surface area contributed by atoms with E-state index in [1.165, 1.54) is 22.3 Å². The van der Waals surface area contributed by atoms with Crippen LogP contribution in [0, 0.1) is 0 Å².